The maximum atomic E-state index is 12.6. The Morgan fingerprint density at radius 3 is 2.39 bits per heavy atom. The Hall–Kier alpha value is -0.570. The van der Waals surface area contributed by atoms with E-state index in [1.807, 2.05) is 7.05 Å². The van der Waals surface area contributed by atoms with Crippen LogP contribution in [0.5, 0.6) is 0 Å². The SMILES string of the molecule is CCC(CC)C(=O)N1CCC(NC(=NC)NC2C3CCOC3C2(C)C)CC1.I. The number of carbonyl (C=O) groups excluding carboxylic acids is 1. The molecule has 2 N–H and O–H groups in total. The third-order valence-electron chi connectivity index (χ3n) is 7.10. The summed E-state index contributed by atoms with van der Waals surface area (Å²) in [6, 6.07) is 0.786. The van der Waals surface area contributed by atoms with Gasteiger partial charge >= 0.3 is 0 Å². The van der Waals surface area contributed by atoms with E-state index in [0.717, 1.165) is 57.8 Å². The fraction of sp³-hybridized carbons (Fsp3) is 0.905. The van der Waals surface area contributed by atoms with Crippen LogP contribution in [0.3, 0.4) is 0 Å². The normalized spacial score (nSPS) is 29.7. The van der Waals surface area contributed by atoms with Gasteiger partial charge in [0.25, 0.3) is 0 Å². The Balaban J connectivity index is 0.00000280. The number of fused-ring (bicyclic) bond motifs is 1. The zero-order valence-electron chi connectivity index (χ0n) is 18.2. The van der Waals surface area contributed by atoms with Gasteiger partial charge in [-0.3, -0.25) is 9.79 Å². The third kappa shape index (κ3) is 4.60. The van der Waals surface area contributed by atoms with Crippen LogP contribution in [-0.2, 0) is 9.53 Å². The number of guanidine groups is 1. The number of carbonyl (C=O) groups is 1. The van der Waals surface area contributed by atoms with Crippen molar-refractivity contribution in [2.24, 2.45) is 22.2 Å². The highest BCUT2D eigenvalue weighted by Gasteiger charge is 2.59. The summed E-state index contributed by atoms with van der Waals surface area (Å²) in [5, 5.41) is 7.26. The summed E-state index contributed by atoms with van der Waals surface area (Å²) in [6.45, 7) is 11.4. The van der Waals surface area contributed by atoms with Gasteiger partial charge in [0.2, 0.25) is 5.91 Å². The Bertz CT molecular complexity index is 557. The molecule has 3 rings (SSSR count). The molecule has 3 atom stereocenters. The number of ether oxygens (including phenoxy) is 1. The van der Waals surface area contributed by atoms with Crippen molar-refractivity contribution in [3.8, 4) is 0 Å². The number of likely N-dealkylation sites (tertiary alicyclic amines) is 1. The molecule has 3 aliphatic rings. The van der Waals surface area contributed by atoms with Gasteiger partial charge in [-0.25, -0.2) is 0 Å². The molecule has 0 aromatic heterocycles. The van der Waals surface area contributed by atoms with Gasteiger partial charge in [0.05, 0.1) is 6.10 Å². The zero-order chi connectivity index (χ0) is 19.6. The number of hydrogen-bond acceptors (Lipinski definition) is 3. The highest BCUT2D eigenvalue weighted by Crippen LogP contribution is 2.52. The van der Waals surface area contributed by atoms with Crippen LogP contribution in [0.4, 0.5) is 0 Å². The minimum absolute atomic E-state index is 0. The van der Waals surface area contributed by atoms with Gasteiger partial charge in [-0.2, -0.15) is 0 Å². The molecule has 1 saturated carbocycles. The van der Waals surface area contributed by atoms with E-state index in [9.17, 15) is 4.79 Å². The molecule has 0 bridgehead atoms. The molecule has 2 aliphatic heterocycles. The Kier molecular flexibility index (Phi) is 8.43. The van der Waals surface area contributed by atoms with Crippen molar-refractivity contribution in [3.05, 3.63) is 0 Å². The van der Waals surface area contributed by atoms with E-state index < -0.39 is 0 Å². The summed E-state index contributed by atoms with van der Waals surface area (Å²) in [7, 11) is 1.84. The van der Waals surface area contributed by atoms with Gasteiger partial charge in [-0.1, -0.05) is 27.7 Å². The molecule has 3 fully saturated rings. The molecule has 0 radical (unpaired) electrons. The van der Waals surface area contributed by atoms with Gasteiger partial charge in [-0.05, 0) is 32.1 Å². The molecular weight excluding hydrogens is 467 g/mol. The van der Waals surface area contributed by atoms with Crippen molar-refractivity contribution in [2.75, 3.05) is 26.7 Å². The lowest BCUT2D eigenvalue weighted by Crippen LogP contribution is -2.68. The minimum atomic E-state index is 0. The average molecular weight is 506 g/mol. The number of amides is 1. The number of piperidine rings is 1. The van der Waals surface area contributed by atoms with Crippen LogP contribution in [0, 0.1) is 17.3 Å². The first kappa shape index (κ1) is 23.7. The van der Waals surface area contributed by atoms with E-state index in [0.29, 0.717) is 30.0 Å². The lowest BCUT2D eigenvalue weighted by molar-refractivity contribution is -0.136. The van der Waals surface area contributed by atoms with E-state index in [4.69, 9.17) is 4.74 Å². The second-order valence-electron chi connectivity index (χ2n) is 9.02. The highest BCUT2D eigenvalue weighted by atomic mass is 127. The van der Waals surface area contributed by atoms with Crippen LogP contribution in [0.1, 0.15) is 59.8 Å². The lowest BCUT2D eigenvalue weighted by Gasteiger charge is -2.55. The molecule has 2 saturated heterocycles. The number of nitrogens with zero attached hydrogens (tertiary/aromatic N) is 2. The predicted molar refractivity (Wildman–Crippen MR) is 124 cm³/mol. The summed E-state index contributed by atoms with van der Waals surface area (Å²) in [5.41, 5.74) is 0.143. The molecule has 7 heteroatoms. The molecule has 162 valence electrons. The van der Waals surface area contributed by atoms with Crippen molar-refractivity contribution in [1.29, 1.82) is 0 Å². The average Bonchev–Trinajstić information content (AvgIpc) is 3.13. The van der Waals surface area contributed by atoms with E-state index >= 15 is 0 Å². The summed E-state index contributed by atoms with van der Waals surface area (Å²) in [6.07, 6.45) is 5.36. The van der Waals surface area contributed by atoms with E-state index in [2.05, 4.69) is 48.2 Å². The quantitative estimate of drug-likeness (QED) is 0.342. The Morgan fingerprint density at radius 1 is 1.18 bits per heavy atom. The maximum absolute atomic E-state index is 12.6. The van der Waals surface area contributed by atoms with Crippen LogP contribution in [0.25, 0.3) is 0 Å². The molecule has 1 aliphatic carbocycles. The van der Waals surface area contributed by atoms with Crippen molar-refractivity contribution < 1.29 is 9.53 Å². The molecule has 0 aromatic carbocycles. The molecule has 6 nitrogen and oxygen atoms in total. The van der Waals surface area contributed by atoms with Crippen molar-refractivity contribution in [3.63, 3.8) is 0 Å². The van der Waals surface area contributed by atoms with Gasteiger partial charge < -0.3 is 20.3 Å². The monoisotopic (exact) mass is 506 g/mol. The largest absolute Gasteiger partial charge is 0.377 e. The van der Waals surface area contributed by atoms with Crippen LogP contribution in [0.2, 0.25) is 0 Å². The zero-order valence-corrected chi connectivity index (χ0v) is 20.5. The first-order valence-electron chi connectivity index (χ1n) is 10.8. The molecule has 0 spiro atoms. The second kappa shape index (κ2) is 9.96. The summed E-state index contributed by atoms with van der Waals surface area (Å²) in [5.74, 6) is 2.01. The van der Waals surface area contributed by atoms with Crippen molar-refractivity contribution >= 4 is 35.8 Å². The van der Waals surface area contributed by atoms with Gasteiger partial charge in [0, 0.05) is 56.1 Å². The van der Waals surface area contributed by atoms with Crippen LogP contribution < -0.4 is 10.6 Å². The maximum Gasteiger partial charge on any atom is 0.225 e. The Morgan fingerprint density at radius 2 is 1.82 bits per heavy atom. The molecular formula is C21H39IN4O2. The smallest absolute Gasteiger partial charge is 0.225 e. The lowest BCUT2D eigenvalue weighted by atomic mass is 9.57. The summed E-state index contributed by atoms with van der Waals surface area (Å²) < 4.78 is 5.90. The van der Waals surface area contributed by atoms with Gasteiger partial charge in [-0.15, -0.1) is 24.0 Å². The first-order chi connectivity index (χ1) is 12.9. The fourth-order valence-corrected chi connectivity index (χ4v) is 5.27. The van der Waals surface area contributed by atoms with E-state index in [1.54, 1.807) is 0 Å². The summed E-state index contributed by atoms with van der Waals surface area (Å²) in [4.78, 5) is 19.1. The first-order valence-corrected chi connectivity index (χ1v) is 10.8. The van der Waals surface area contributed by atoms with Gasteiger partial charge in [0.1, 0.15) is 0 Å². The predicted octanol–water partition coefficient (Wildman–Crippen LogP) is 3.01. The summed E-state index contributed by atoms with van der Waals surface area (Å²) >= 11 is 0. The topological polar surface area (TPSA) is 66.0 Å². The van der Waals surface area contributed by atoms with Crippen LogP contribution in [0.15, 0.2) is 4.99 Å². The number of halogens is 1. The second-order valence-corrected chi connectivity index (χ2v) is 9.02. The number of nitrogens with one attached hydrogen (secondary N) is 2. The number of hydrogen-bond donors (Lipinski definition) is 2. The van der Waals surface area contributed by atoms with E-state index in [1.165, 1.54) is 0 Å². The minimum Gasteiger partial charge on any atom is -0.377 e. The van der Waals surface area contributed by atoms with Crippen molar-refractivity contribution in [1.82, 2.24) is 15.5 Å². The number of aliphatic imine (C=N–C) groups is 1. The molecule has 0 aromatic rings. The molecule has 3 unspecified atom stereocenters. The van der Waals surface area contributed by atoms with Crippen molar-refractivity contribution in [2.45, 2.75) is 78.0 Å². The van der Waals surface area contributed by atoms with E-state index in [-0.39, 0.29) is 35.3 Å². The standard InChI is InChI=1S/C21H38N4O2.HI/c1-6-14(7-2)19(26)25-11-8-15(9-12-25)23-20(22-5)24-17-16-10-13-27-18(16)21(17,3)4;/h14-18H,6-13H2,1-5H3,(H2,22,23,24);1H. The Labute approximate surface area is 187 Å². The fourth-order valence-electron chi connectivity index (χ4n) is 5.27. The van der Waals surface area contributed by atoms with Crippen LogP contribution in [-0.4, -0.2) is 61.7 Å². The molecule has 28 heavy (non-hydrogen) atoms. The molecule has 2 heterocycles. The van der Waals surface area contributed by atoms with Gasteiger partial charge in [0.15, 0.2) is 5.96 Å². The number of rotatable bonds is 5. The molecule has 1 amide bonds. The van der Waals surface area contributed by atoms with Crippen LogP contribution >= 0.6 is 24.0 Å². The highest BCUT2D eigenvalue weighted by molar-refractivity contribution is 14.0. The third-order valence-corrected chi connectivity index (χ3v) is 7.10.